The van der Waals surface area contributed by atoms with Crippen molar-refractivity contribution in [2.45, 2.75) is 93.9 Å². The highest BCUT2D eigenvalue weighted by Crippen LogP contribution is 2.62. The number of nitrogens with zero attached hydrogens (tertiary/aromatic N) is 2. The normalized spacial score (nSPS) is 13.3. The predicted molar refractivity (Wildman–Crippen MR) is 330 cm³/mol. The molecule has 0 saturated carbocycles. The molecule has 1 unspecified atom stereocenters. The molecule has 75 heavy (non-hydrogen) atoms. The molecule has 0 fully saturated rings. The van der Waals surface area contributed by atoms with Gasteiger partial charge in [-0.25, -0.2) is 9.97 Å². The van der Waals surface area contributed by atoms with Gasteiger partial charge in [0.1, 0.15) is 0 Å². The highest BCUT2D eigenvalue weighted by Gasteiger charge is 2.30. The molecular weight excluding hydrogens is 968 g/mol. The Balaban J connectivity index is 1.29. The minimum Gasteiger partial charge on any atom is -0.354 e. The molecule has 7 heteroatoms. The molecule has 8 bridgehead atoms. The quantitative estimate of drug-likeness (QED) is 0.185. The molecule has 11 aromatic rings. The highest BCUT2D eigenvalue weighted by atomic mass is 32.1. The second-order valence-corrected chi connectivity index (χ2v) is 27.7. The Labute approximate surface area is 446 Å². The fraction of sp³-hybridized carbons (Fsp3) is 0.206. The zero-order valence-electron chi connectivity index (χ0n) is 44.8. The maximum Gasteiger partial charge on any atom is 0.0861 e. The molecule has 3 aliphatic heterocycles. The van der Waals surface area contributed by atoms with E-state index in [1.807, 2.05) is 22.7 Å². The van der Waals surface area contributed by atoms with Crippen LogP contribution in [0.1, 0.15) is 97.4 Å². The summed E-state index contributed by atoms with van der Waals surface area (Å²) >= 11 is 3.88. The standard InChI is InChI=1S/C68H59N4PS2/c1-34-25-36(3)55(37(4)26-34)58-49-23-21-47(69-49)57(40-29-41(67(7,8)9)31-42(30-40)68(10,11)12)48-22-24-50(70-48)59(56-38(5)27-35(2)28-39(56)6)52-33-46-61(72-52)64-60-45(32-51(58)71-60)65-62(43-17-13-15-19-53(43)74-65)73(64)63-44-18-14-16-20-54(44)75-66(46)63/h13-33,69,72H,1-12H3. The molecule has 0 aliphatic carbocycles. The number of aromatic amines is 2. The Morgan fingerprint density at radius 2 is 0.973 bits per heavy atom. The van der Waals surface area contributed by atoms with Crippen LogP contribution >= 0.6 is 30.0 Å². The number of aryl methyl sites for hydroxylation is 6. The molecule has 0 amide bonds. The highest BCUT2D eigenvalue weighted by molar-refractivity contribution is 7.66. The Bertz CT molecular complexity index is 4660. The van der Waals surface area contributed by atoms with E-state index in [0.29, 0.717) is 0 Å². The smallest absolute Gasteiger partial charge is 0.0861 e. The van der Waals surface area contributed by atoms with E-state index in [9.17, 15) is 0 Å². The number of aromatic nitrogens is 4. The summed E-state index contributed by atoms with van der Waals surface area (Å²) in [5, 5.41) is 8.15. The zero-order chi connectivity index (χ0) is 51.7. The number of hydrogen-bond donors (Lipinski definition) is 2. The first-order chi connectivity index (χ1) is 35.9. The largest absolute Gasteiger partial charge is 0.354 e. The van der Waals surface area contributed by atoms with Gasteiger partial charge in [-0.05, 0) is 151 Å². The van der Waals surface area contributed by atoms with Crippen molar-refractivity contribution in [3.05, 3.63) is 171 Å². The number of nitrogens with one attached hydrogen (secondary N) is 2. The first-order valence-electron chi connectivity index (χ1n) is 26.3. The van der Waals surface area contributed by atoms with Crippen molar-refractivity contribution in [1.82, 2.24) is 19.9 Å². The molecule has 0 radical (unpaired) electrons. The third-order valence-corrected chi connectivity index (χ3v) is 21.5. The van der Waals surface area contributed by atoms with E-state index in [0.717, 1.165) is 61.4 Å². The lowest BCUT2D eigenvalue weighted by atomic mass is 9.79. The summed E-state index contributed by atoms with van der Waals surface area (Å²) < 4.78 is 5.33. The molecule has 3 aliphatic rings. The van der Waals surface area contributed by atoms with Crippen molar-refractivity contribution in [2.75, 3.05) is 0 Å². The Hall–Kier alpha value is -7.08. The molecule has 14 rings (SSSR count). The molecule has 2 N–H and O–H groups in total. The fourth-order valence-corrected chi connectivity index (χ4v) is 18.9. The number of fused-ring (bicyclic) bond motifs is 16. The number of thiophene rings is 2. The number of benzene rings is 5. The van der Waals surface area contributed by atoms with Crippen LogP contribution in [0.2, 0.25) is 0 Å². The van der Waals surface area contributed by atoms with Gasteiger partial charge < -0.3 is 9.97 Å². The van der Waals surface area contributed by atoms with Gasteiger partial charge in [0, 0.05) is 89.1 Å². The summed E-state index contributed by atoms with van der Waals surface area (Å²) in [5.74, 6) is 0. The molecule has 6 aromatic heterocycles. The molecule has 4 nitrogen and oxygen atoms in total. The van der Waals surface area contributed by atoms with Crippen LogP contribution in [0.5, 0.6) is 0 Å². The number of rotatable bonds is 3. The third-order valence-electron chi connectivity index (χ3n) is 16.1. The Kier molecular flexibility index (Phi) is 10.0. The van der Waals surface area contributed by atoms with E-state index in [2.05, 4.69) is 220 Å². The molecule has 5 aromatic carbocycles. The summed E-state index contributed by atoms with van der Waals surface area (Å²) in [6, 6.07) is 44.3. The lowest BCUT2D eigenvalue weighted by Gasteiger charge is -2.26. The van der Waals surface area contributed by atoms with Crippen molar-refractivity contribution in [3.8, 4) is 44.6 Å². The van der Waals surface area contributed by atoms with Crippen molar-refractivity contribution in [2.24, 2.45) is 0 Å². The Morgan fingerprint density at radius 1 is 0.453 bits per heavy atom. The zero-order valence-corrected chi connectivity index (χ0v) is 47.3. The number of H-pyrrole nitrogens is 2. The summed E-state index contributed by atoms with van der Waals surface area (Å²) in [4.78, 5) is 20.4. The van der Waals surface area contributed by atoms with Crippen LogP contribution in [0, 0.1) is 41.5 Å². The van der Waals surface area contributed by atoms with Gasteiger partial charge in [0.05, 0.1) is 28.1 Å². The van der Waals surface area contributed by atoms with E-state index >= 15 is 0 Å². The lowest BCUT2D eigenvalue weighted by Crippen LogP contribution is -2.16. The van der Waals surface area contributed by atoms with Gasteiger partial charge >= 0.3 is 0 Å². The molecule has 9 heterocycles. The van der Waals surface area contributed by atoms with Gasteiger partial charge in [-0.1, -0.05) is 139 Å². The minimum atomic E-state index is -1.07. The Morgan fingerprint density at radius 3 is 1.56 bits per heavy atom. The van der Waals surface area contributed by atoms with Gasteiger partial charge in [-0.15, -0.1) is 22.7 Å². The van der Waals surface area contributed by atoms with Gasteiger partial charge in [-0.2, -0.15) is 0 Å². The minimum absolute atomic E-state index is 0.0860. The van der Waals surface area contributed by atoms with Crippen LogP contribution in [-0.4, -0.2) is 19.9 Å². The molecule has 368 valence electrons. The second-order valence-electron chi connectivity index (χ2n) is 23.6. The van der Waals surface area contributed by atoms with Crippen molar-refractivity contribution >= 4 is 120 Å². The van der Waals surface area contributed by atoms with E-state index in [1.54, 1.807) is 0 Å². The van der Waals surface area contributed by atoms with E-state index in [4.69, 9.17) is 9.97 Å². The van der Waals surface area contributed by atoms with Gasteiger partial charge in [0.2, 0.25) is 0 Å². The summed E-state index contributed by atoms with van der Waals surface area (Å²) in [5.41, 5.74) is 26.3. The summed E-state index contributed by atoms with van der Waals surface area (Å²) in [6.45, 7) is 27.5. The van der Waals surface area contributed by atoms with Gasteiger partial charge in [-0.3, -0.25) is 0 Å². The van der Waals surface area contributed by atoms with Crippen LogP contribution in [-0.2, 0) is 10.8 Å². The third kappa shape index (κ3) is 6.99. The maximum atomic E-state index is 6.07. The topological polar surface area (TPSA) is 57.4 Å². The predicted octanol–water partition coefficient (Wildman–Crippen LogP) is 20.9. The first-order valence-corrected chi connectivity index (χ1v) is 29.3. The second kappa shape index (κ2) is 16.2. The molecule has 1 atom stereocenters. The van der Waals surface area contributed by atoms with Crippen molar-refractivity contribution < 1.29 is 0 Å². The van der Waals surface area contributed by atoms with Crippen molar-refractivity contribution in [1.29, 1.82) is 0 Å². The average molecular weight is 1030 g/mol. The van der Waals surface area contributed by atoms with E-state index in [1.165, 1.54) is 117 Å². The van der Waals surface area contributed by atoms with Crippen LogP contribution < -0.4 is 0 Å². The maximum absolute atomic E-state index is 6.07. The van der Waals surface area contributed by atoms with Crippen LogP contribution in [0.25, 0.3) is 135 Å². The number of hydrogen-bond acceptors (Lipinski definition) is 4. The molecule has 0 saturated heterocycles. The summed E-state index contributed by atoms with van der Waals surface area (Å²) in [7, 11) is -1.07. The van der Waals surface area contributed by atoms with Crippen LogP contribution in [0.3, 0.4) is 0 Å². The molecule has 0 spiro atoms. The van der Waals surface area contributed by atoms with Crippen LogP contribution in [0.15, 0.2) is 115 Å². The van der Waals surface area contributed by atoms with Gasteiger partial charge in [0.15, 0.2) is 0 Å². The lowest BCUT2D eigenvalue weighted by molar-refractivity contribution is 0.569. The fourth-order valence-electron chi connectivity index (χ4n) is 12.8. The monoisotopic (exact) mass is 1030 g/mol. The van der Waals surface area contributed by atoms with E-state index in [-0.39, 0.29) is 10.8 Å². The molecular formula is C68H59N4PS2. The van der Waals surface area contributed by atoms with Gasteiger partial charge in [0.25, 0.3) is 0 Å². The van der Waals surface area contributed by atoms with E-state index < -0.39 is 7.34 Å². The SMILES string of the molecule is Cc1cc(C)c(-c2c3nc(c(-c4cc(C(C)(C)C)cc(C(C)(C)C)c4)c4ccc([nH]4)c(-c4c(C)cc(C)cc4C)c4cc5c6sc7ccccc7c6p6c(c-5n4)c4[nH]c2cc4c2sc4ccccc4c26)C=C3)c(C)c1. The van der Waals surface area contributed by atoms with Crippen molar-refractivity contribution in [3.63, 3.8) is 0 Å². The van der Waals surface area contributed by atoms with Crippen LogP contribution in [0.4, 0.5) is 0 Å². The average Bonchev–Trinajstić information content (AvgIpc) is 4.35. The first kappa shape index (κ1) is 46.5. The summed E-state index contributed by atoms with van der Waals surface area (Å²) in [6.07, 6.45) is 4.54.